The van der Waals surface area contributed by atoms with Crippen LogP contribution in [0.2, 0.25) is 0 Å². The molecule has 0 bridgehead atoms. The predicted octanol–water partition coefficient (Wildman–Crippen LogP) is 1.92. The highest BCUT2D eigenvalue weighted by molar-refractivity contribution is 5.86. The van der Waals surface area contributed by atoms with E-state index >= 15 is 0 Å². The Hall–Kier alpha value is -2.04. The van der Waals surface area contributed by atoms with Crippen molar-refractivity contribution >= 4 is 11.9 Å². The summed E-state index contributed by atoms with van der Waals surface area (Å²) >= 11 is 0. The highest BCUT2D eigenvalue weighted by Gasteiger charge is 2.18. The number of urea groups is 1. The maximum absolute atomic E-state index is 12.0. The van der Waals surface area contributed by atoms with E-state index in [4.69, 9.17) is 0 Å². The lowest BCUT2D eigenvalue weighted by Crippen LogP contribution is -2.48. The summed E-state index contributed by atoms with van der Waals surface area (Å²) in [4.78, 5) is 23.3. The van der Waals surface area contributed by atoms with Gasteiger partial charge >= 0.3 is 6.03 Å². The summed E-state index contributed by atoms with van der Waals surface area (Å²) in [5.74, 6) is -0.465. The van der Waals surface area contributed by atoms with Crippen molar-refractivity contribution < 1.29 is 9.59 Å². The van der Waals surface area contributed by atoms with Gasteiger partial charge in [-0.15, -0.1) is 0 Å². The van der Waals surface area contributed by atoms with E-state index in [2.05, 4.69) is 16.2 Å². The molecule has 1 atom stereocenters. The average molecular weight is 263 g/mol. The molecule has 3 amide bonds. The molecule has 0 aromatic heterocycles. The molecule has 1 aromatic rings. The van der Waals surface area contributed by atoms with Crippen molar-refractivity contribution in [1.29, 1.82) is 0 Å². The molecule has 0 unspecified atom stereocenters. The van der Waals surface area contributed by atoms with Gasteiger partial charge in [-0.3, -0.25) is 10.2 Å². The topological polar surface area (TPSA) is 70.2 Å². The van der Waals surface area contributed by atoms with Crippen LogP contribution in [0, 0.1) is 0 Å². The monoisotopic (exact) mass is 263 g/mol. The Morgan fingerprint density at radius 2 is 1.79 bits per heavy atom. The number of carbonyl (C=O) groups is 2. The second-order valence-corrected chi connectivity index (χ2v) is 4.24. The Morgan fingerprint density at radius 3 is 2.37 bits per heavy atom. The van der Waals surface area contributed by atoms with Gasteiger partial charge in [0.05, 0.1) is 5.92 Å². The lowest BCUT2D eigenvalue weighted by Gasteiger charge is -2.16. The molecule has 0 saturated carbocycles. The van der Waals surface area contributed by atoms with E-state index in [0.717, 1.165) is 12.0 Å². The second kappa shape index (κ2) is 8.13. The van der Waals surface area contributed by atoms with Gasteiger partial charge in [-0.1, -0.05) is 44.2 Å². The number of carbonyl (C=O) groups excluding carboxylic acids is 2. The van der Waals surface area contributed by atoms with E-state index in [1.54, 1.807) is 0 Å². The zero-order chi connectivity index (χ0) is 14.1. The number of nitrogens with one attached hydrogen (secondary N) is 3. The van der Waals surface area contributed by atoms with Crippen LogP contribution in [0.1, 0.15) is 38.2 Å². The fourth-order valence-corrected chi connectivity index (χ4v) is 1.75. The SMILES string of the molecule is CCCNC(=O)NNC(=O)[C@H](CC)c1ccccc1. The quantitative estimate of drug-likeness (QED) is 0.710. The lowest BCUT2D eigenvalue weighted by atomic mass is 9.96. The Morgan fingerprint density at radius 1 is 1.11 bits per heavy atom. The number of hydrogen-bond donors (Lipinski definition) is 3. The Bertz CT molecular complexity index is 406. The smallest absolute Gasteiger partial charge is 0.333 e. The Balaban J connectivity index is 2.49. The molecule has 3 N–H and O–H groups in total. The molecule has 5 nitrogen and oxygen atoms in total. The molecule has 0 fully saturated rings. The lowest BCUT2D eigenvalue weighted by molar-refractivity contribution is -0.123. The van der Waals surface area contributed by atoms with Gasteiger partial charge in [0.1, 0.15) is 0 Å². The van der Waals surface area contributed by atoms with Crippen LogP contribution in [0.4, 0.5) is 4.79 Å². The normalized spacial score (nSPS) is 11.5. The molecule has 1 aromatic carbocycles. The van der Waals surface area contributed by atoms with Gasteiger partial charge in [0.25, 0.3) is 0 Å². The molecule has 0 aliphatic heterocycles. The number of amides is 3. The molecule has 0 aliphatic carbocycles. The van der Waals surface area contributed by atoms with E-state index < -0.39 is 6.03 Å². The van der Waals surface area contributed by atoms with Crippen LogP contribution in [-0.2, 0) is 4.79 Å². The van der Waals surface area contributed by atoms with E-state index in [1.165, 1.54) is 0 Å². The van der Waals surface area contributed by atoms with Crippen molar-refractivity contribution in [2.75, 3.05) is 6.54 Å². The van der Waals surface area contributed by atoms with Gasteiger partial charge in [0.15, 0.2) is 0 Å². The van der Waals surface area contributed by atoms with Crippen LogP contribution in [0.25, 0.3) is 0 Å². The van der Waals surface area contributed by atoms with Crippen molar-refractivity contribution in [3.63, 3.8) is 0 Å². The van der Waals surface area contributed by atoms with Crippen molar-refractivity contribution in [1.82, 2.24) is 16.2 Å². The fourth-order valence-electron chi connectivity index (χ4n) is 1.75. The Labute approximate surface area is 113 Å². The second-order valence-electron chi connectivity index (χ2n) is 4.24. The predicted molar refractivity (Wildman–Crippen MR) is 74.4 cm³/mol. The highest BCUT2D eigenvalue weighted by atomic mass is 16.2. The summed E-state index contributed by atoms with van der Waals surface area (Å²) < 4.78 is 0. The van der Waals surface area contributed by atoms with Crippen molar-refractivity contribution in [2.24, 2.45) is 0 Å². The molecule has 0 aliphatic rings. The third kappa shape index (κ3) is 4.99. The molecule has 104 valence electrons. The Kier molecular flexibility index (Phi) is 6.43. The van der Waals surface area contributed by atoms with Crippen LogP contribution in [0.5, 0.6) is 0 Å². The number of hydrazine groups is 1. The van der Waals surface area contributed by atoms with Gasteiger partial charge in [0, 0.05) is 6.54 Å². The minimum atomic E-state index is -0.391. The molecular formula is C14H21N3O2. The maximum atomic E-state index is 12.0. The van der Waals surface area contributed by atoms with Gasteiger partial charge in [-0.25, -0.2) is 10.2 Å². The molecule has 1 rings (SSSR count). The summed E-state index contributed by atoms with van der Waals surface area (Å²) in [5, 5.41) is 2.62. The summed E-state index contributed by atoms with van der Waals surface area (Å²) in [6.45, 7) is 4.48. The first-order chi connectivity index (χ1) is 9.19. The van der Waals surface area contributed by atoms with Gasteiger partial charge in [-0.05, 0) is 18.4 Å². The van der Waals surface area contributed by atoms with Crippen LogP contribution in [0.3, 0.4) is 0 Å². The zero-order valence-electron chi connectivity index (χ0n) is 11.4. The van der Waals surface area contributed by atoms with Crippen molar-refractivity contribution in [3.8, 4) is 0 Å². The first kappa shape index (κ1) is 15.0. The number of hydrogen-bond acceptors (Lipinski definition) is 2. The van der Waals surface area contributed by atoms with Crippen LogP contribution >= 0.6 is 0 Å². The number of benzene rings is 1. The van der Waals surface area contributed by atoms with E-state index in [-0.39, 0.29) is 11.8 Å². The molecule has 0 heterocycles. The van der Waals surface area contributed by atoms with Gasteiger partial charge < -0.3 is 5.32 Å². The van der Waals surface area contributed by atoms with Crippen LogP contribution < -0.4 is 16.2 Å². The number of rotatable bonds is 5. The molecule has 0 saturated heterocycles. The maximum Gasteiger partial charge on any atom is 0.333 e. The summed E-state index contributed by atoms with van der Waals surface area (Å²) in [6.07, 6.45) is 1.52. The summed E-state index contributed by atoms with van der Waals surface area (Å²) in [5.41, 5.74) is 5.73. The largest absolute Gasteiger partial charge is 0.337 e. The van der Waals surface area contributed by atoms with E-state index in [9.17, 15) is 9.59 Å². The third-order valence-corrected chi connectivity index (χ3v) is 2.76. The average Bonchev–Trinajstić information content (AvgIpc) is 2.45. The molecule has 0 spiro atoms. The minimum absolute atomic E-state index is 0.208. The first-order valence-corrected chi connectivity index (χ1v) is 6.57. The van der Waals surface area contributed by atoms with Crippen molar-refractivity contribution in [2.45, 2.75) is 32.6 Å². The summed E-state index contributed by atoms with van der Waals surface area (Å²) in [6, 6.07) is 9.12. The van der Waals surface area contributed by atoms with Crippen LogP contribution in [0.15, 0.2) is 30.3 Å². The first-order valence-electron chi connectivity index (χ1n) is 6.57. The van der Waals surface area contributed by atoms with Gasteiger partial charge in [-0.2, -0.15) is 0 Å². The van der Waals surface area contributed by atoms with E-state index in [1.807, 2.05) is 44.2 Å². The standard InChI is InChI=1S/C14H21N3O2/c1-3-10-15-14(19)17-16-13(18)12(4-2)11-8-6-5-7-9-11/h5-9,12H,3-4,10H2,1-2H3,(H,16,18)(H2,15,17,19)/t12-/m1/s1. The molecule has 5 heteroatoms. The minimum Gasteiger partial charge on any atom is -0.337 e. The van der Waals surface area contributed by atoms with Crippen molar-refractivity contribution in [3.05, 3.63) is 35.9 Å². The fraction of sp³-hybridized carbons (Fsp3) is 0.429. The third-order valence-electron chi connectivity index (χ3n) is 2.76. The summed E-state index contributed by atoms with van der Waals surface area (Å²) in [7, 11) is 0. The van der Waals surface area contributed by atoms with E-state index in [0.29, 0.717) is 13.0 Å². The molecular weight excluding hydrogens is 242 g/mol. The van der Waals surface area contributed by atoms with Gasteiger partial charge in [0.2, 0.25) is 5.91 Å². The highest BCUT2D eigenvalue weighted by Crippen LogP contribution is 2.18. The zero-order valence-corrected chi connectivity index (χ0v) is 11.4. The molecule has 19 heavy (non-hydrogen) atoms. The van der Waals surface area contributed by atoms with Crippen LogP contribution in [-0.4, -0.2) is 18.5 Å². The molecule has 0 radical (unpaired) electrons.